The third-order valence-corrected chi connectivity index (χ3v) is 4.52. The van der Waals surface area contributed by atoms with E-state index in [0.717, 1.165) is 10.7 Å². The van der Waals surface area contributed by atoms with Crippen molar-refractivity contribution in [2.45, 2.75) is 20.8 Å². The standard InChI is InChI=1S/C20H19NS/c1-14-5-8-17(9-6-14)19-13-22-20(21-19)11-10-18-12-15(2)4-7-16(18)3/h4-13H,1-3H3. The van der Waals surface area contributed by atoms with Crippen LogP contribution in [0, 0.1) is 20.8 Å². The molecule has 0 aliphatic heterocycles. The molecule has 0 unspecified atom stereocenters. The Morgan fingerprint density at radius 3 is 2.36 bits per heavy atom. The molecular weight excluding hydrogens is 286 g/mol. The fourth-order valence-electron chi connectivity index (χ4n) is 2.32. The molecule has 2 aromatic carbocycles. The second-order valence-corrected chi connectivity index (χ2v) is 6.52. The fourth-order valence-corrected chi connectivity index (χ4v) is 3.04. The van der Waals surface area contributed by atoms with Crippen LogP contribution in [0.25, 0.3) is 23.4 Å². The van der Waals surface area contributed by atoms with Gasteiger partial charge >= 0.3 is 0 Å². The summed E-state index contributed by atoms with van der Waals surface area (Å²) in [5, 5.41) is 3.16. The number of aryl methyl sites for hydroxylation is 3. The third-order valence-electron chi connectivity index (χ3n) is 3.71. The van der Waals surface area contributed by atoms with E-state index in [0.29, 0.717) is 0 Å². The number of hydrogen-bond donors (Lipinski definition) is 0. The van der Waals surface area contributed by atoms with Crippen LogP contribution in [0.1, 0.15) is 27.3 Å². The van der Waals surface area contributed by atoms with Gasteiger partial charge in [0.2, 0.25) is 0 Å². The molecule has 0 amide bonds. The molecule has 110 valence electrons. The average molecular weight is 305 g/mol. The van der Waals surface area contributed by atoms with Crippen LogP contribution < -0.4 is 0 Å². The second kappa shape index (κ2) is 6.29. The highest BCUT2D eigenvalue weighted by atomic mass is 32.1. The van der Waals surface area contributed by atoms with Gasteiger partial charge in [0.05, 0.1) is 5.69 Å². The summed E-state index contributed by atoms with van der Waals surface area (Å²) < 4.78 is 0. The van der Waals surface area contributed by atoms with Crippen LogP contribution in [-0.4, -0.2) is 4.98 Å². The lowest BCUT2D eigenvalue weighted by atomic mass is 10.1. The minimum atomic E-state index is 1.04. The first kappa shape index (κ1) is 14.7. The molecule has 22 heavy (non-hydrogen) atoms. The summed E-state index contributed by atoms with van der Waals surface area (Å²) in [7, 11) is 0. The summed E-state index contributed by atoms with van der Waals surface area (Å²) >= 11 is 1.68. The van der Waals surface area contributed by atoms with Crippen LogP contribution in [0.5, 0.6) is 0 Å². The smallest absolute Gasteiger partial charge is 0.116 e. The van der Waals surface area contributed by atoms with Gasteiger partial charge in [0.1, 0.15) is 5.01 Å². The molecule has 1 heterocycles. The van der Waals surface area contributed by atoms with Gasteiger partial charge in [-0.1, -0.05) is 59.7 Å². The molecule has 3 rings (SSSR count). The van der Waals surface area contributed by atoms with Crippen molar-refractivity contribution in [2.75, 3.05) is 0 Å². The molecule has 0 radical (unpaired) electrons. The minimum Gasteiger partial charge on any atom is -0.237 e. The SMILES string of the molecule is Cc1ccc(-c2csc(C=Cc3cc(C)ccc3C)n2)cc1. The van der Waals surface area contributed by atoms with Gasteiger partial charge in [0.15, 0.2) is 0 Å². The summed E-state index contributed by atoms with van der Waals surface area (Å²) in [5.41, 5.74) is 7.32. The van der Waals surface area contributed by atoms with Crippen LogP contribution in [0.2, 0.25) is 0 Å². The molecule has 0 aliphatic carbocycles. The normalized spacial score (nSPS) is 11.2. The molecule has 0 spiro atoms. The van der Waals surface area contributed by atoms with Crippen molar-refractivity contribution in [2.24, 2.45) is 0 Å². The number of aromatic nitrogens is 1. The predicted octanol–water partition coefficient (Wildman–Crippen LogP) is 5.91. The third kappa shape index (κ3) is 3.34. The van der Waals surface area contributed by atoms with E-state index in [1.165, 1.54) is 27.8 Å². The largest absolute Gasteiger partial charge is 0.237 e. The molecule has 0 atom stereocenters. The zero-order chi connectivity index (χ0) is 15.5. The topological polar surface area (TPSA) is 12.9 Å². The van der Waals surface area contributed by atoms with E-state index in [4.69, 9.17) is 4.98 Å². The molecule has 0 saturated heterocycles. The summed E-state index contributed by atoms with van der Waals surface area (Å²) in [6, 6.07) is 15.0. The Morgan fingerprint density at radius 2 is 1.59 bits per heavy atom. The van der Waals surface area contributed by atoms with Crippen LogP contribution >= 0.6 is 11.3 Å². The Labute approximate surface area is 136 Å². The summed E-state index contributed by atoms with van der Waals surface area (Å²) in [5.74, 6) is 0. The first-order chi connectivity index (χ1) is 10.6. The van der Waals surface area contributed by atoms with Crippen molar-refractivity contribution in [1.29, 1.82) is 0 Å². The summed E-state index contributed by atoms with van der Waals surface area (Å²) in [6.07, 6.45) is 4.25. The van der Waals surface area contributed by atoms with Gasteiger partial charge in [-0.2, -0.15) is 0 Å². The highest BCUT2D eigenvalue weighted by Crippen LogP contribution is 2.24. The molecular formula is C20H19NS. The van der Waals surface area contributed by atoms with Gasteiger partial charge in [-0.3, -0.25) is 0 Å². The average Bonchev–Trinajstić information content (AvgIpc) is 2.98. The van der Waals surface area contributed by atoms with E-state index in [2.05, 4.69) is 80.8 Å². The van der Waals surface area contributed by atoms with Gasteiger partial charge in [-0.25, -0.2) is 4.98 Å². The zero-order valence-electron chi connectivity index (χ0n) is 13.1. The quantitative estimate of drug-likeness (QED) is 0.586. The molecule has 2 heteroatoms. The van der Waals surface area contributed by atoms with Crippen LogP contribution in [0.3, 0.4) is 0 Å². The van der Waals surface area contributed by atoms with Gasteiger partial charge in [0, 0.05) is 10.9 Å². The van der Waals surface area contributed by atoms with Gasteiger partial charge < -0.3 is 0 Å². The zero-order valence-corrected chi connectivity index (χ0v) is 13.9. The fraction of sp³-hybridized carbons (Fsp3) is 0.150. The van der Waals surface area contributed by atoms with E-state index in [9.17, 15) is 0 Å². The van der Waals surface area contributed by atoms with Crippen molar-refractivity contribution in [1.82, 2.24) is 4.98 Å². The van der Waals surface area contributed by atoms with Crippen LogP contribution in [0.4, 0.5) is 0 Å². The van der Waals surface area contributed by atoms with E-state index >= 15 is 0 Å². The lowest BCUT2D eigenvalue weighted by Gasteiger charge is -2.01. The predicted molar refractivity (Wildman–Crippen MR) is 97.1 cm³/mol. The molecule has 0 aliphatic rings. The number of hydrogen-bond acceptors (Lipinski definition) is 2. The maximum atomic E-state index is 4.71. The molecule has 0 fully saturated rings. The lowest BCUT2D eigenvalue weighted by molar-refractivity contribution is 1.37. The van der Waals surface area contributed by atoms with Crippen molar-refractivity contribution in [3.8, 4) is 11.3 Å². The Morgan fingerprint density at radius 1 is 0.864 bits per heavy atom. The highest BCUT2D eigenvalue weighted by molar-refractivity contribution is 7.10. The lowest BCUT2D eigenvalue weighted by Crippen LogP contribution is -1.82. The molecule has 0 N–H and O–H groups in total. The van der Waals surface area contributed by atoms with E-state index in [-0.39, 0.29) is 0 Å². The molecule has 1 aromatic heterocycles. The molecule has 0 saturated carbocycles. The first-order valence-electron chi connectivity index (χ1n) is 7.40. The molecule has 3 aromatic rings. The Kier molecular flexibility index (Phi) is 4.21. The Bertz CT molecular complexity index is 810. The van der Waals surface area contributed by atoms with Gasteiger partial charge in [-0.15, -0.1) is 11.3 Å². The summed E-state index contributed by atoms with van der Waals surface area (Å²) in [4.78, 5) is 4.71. The number of nitrogens with zero attached hydrogens (tertiary/aromatic N) is 1. The van der Waals surface area contributed by atoms with Crippen molar-refractivity contribution in [3.63, 3.8) is 0 Å². The summed E-state index contributed by atoms with van der Waals surface area (Å²) in [6.45, 7) is 6.36. The minimum absolute atomic E-state index is 1.04. The maximum Gasteiger partial charge on any atom is 0.116 e. The first-order valence-corrected chi connectivity index (χ1v) is 8.28. The van der Waals surface area contributed by atoms with E-state index in [1.54, 1.807) is 11.3 Å². The molecule has 1 nitrogen and oxygen atoms in total. The number of thiazole rings is 1. The Hall–Kier alpha value is -2.19. The van der Waals surface area contributed by atoms with Crippen molar-refractivity contribution in [3.05, 3.63) is 75.1 Å². The maximum absolute atomic E-state index is 4.71. The van der Waals surface area contributed by atoms with E-state index < -0.39 is 0 Å². The monoisotopic (exact) mass is 305 g/mol. The highest BCUT2D eigenvalue weighted by Gasteiger charge is 2.02. The van der Waals surface area contributed by atoms with Crippen LogP contribution in [-0.2, 0) is 0 Å². The van der Waals surface area contributed by atoms with Crippen molar-refractivity contribution >= 4 is 23.5 Å². The van der Waals surface area contributed by atoms with E-state index in [1.807, 2.05) is 0 Å². The molecule has 0 bridgehead atoms. The number of rotatable bonds is 3. The van der Waals surface area contributed by atoms with Gasteiger partial charge in [-0.05, 0) is 38.0 Å². The van der Waals surface area contributed by atoms with Crippen molar-refractivity contribution < 1.29 is 0 Å². The number of benzene rings is 2. The van der Waals surface area contributed by atoms with Crippen LogP contribution in [0.15, 0.2) is 47.8 Å². The van der Waals surface area contributed by atoms with Gasteiger partial charge in [0.25, 0.3) is 0 Å². The second-order valence-electron chi connectivity index (χ2n) is 5.63. The Balaban J connectivity index is 1.83.